The molecule has 0 saturated carbocycles. The van der Waals surface area contributed by atoms with E-state index < -0.39 is 5.97 Å². The summed E-state index contributed by atoms with van der Waals surface area (Å²) in [7, 11) is 0. The molecule has 0 aromatic rings. The second-order valence-electron chi connectivity index (χ2n) is 3.55. The Hall–Kier alpha value is -0.940. The highest BCUT2D eigenvalue weighted by Crippen LogP contribution is 1.96. The van der Waals surface area contributed by atoms with Crippen LogP contribution < -0.4 is 5.32 Å². The highest BCUT2D eigenvalue weighted by molar-refractivity contribution is 5.96. The molecule has 0 aliphatic carbocycles. The number of carbonyl (C=O) groups is 2. The van der Waals surface area contributed by atoms with Gasteiger partial charge in [0.15, 0.2) is 5.78 Å². The summed E-state index contributed by atoms with van der Waals surface area (Å²) in [6.45, 7) is 5.99. The zero-order valence-electron chi connectivity index (χ0n) is 9.12. The van der Waals surface area contributed by atoms with Gasteiger partial charge < -0.3 is 10.1 Å². The number of ketones is 1. The molecule has 0 unspecified atom stereocenters. The average Bonchev–Trinajstić information content (AvgIpc) is 2.19. The standard InChI is InChI=1S/C10H18N2O3/c1-2-15-10(14)7-9(13)8-12-5-3-11-4-6-12/h11H,2-8H2,1H3. The number of Topliss-reactive ketones (excluding diaryl/α,β-unsaturated/α-hetero) is 1. The summed E-state index contributed by atoms with van der Waals surface area (Å²) in [6, 6.07) is 0. The molecule has 0 aromatic carbocycles. The van der Waals surface area contributed by atoms with Crippen molar-refractivity contribution in [2.75, 3.05) is 39.3 Å². The Labute approximate surface area is 89.8 Å². The predicted octanol–water partition coefficient (Wildman–Crippen LogP) is -0.586. The zero-order valence-corrected chi connectivity index (χ0v) is 9.12. The average molecular weight is 214 g/mol. The molecular weight excluding hydrogens is 196 g/mol. The summed E-state index contributed by atoms with van der Waals surface area (Å²) in [6.07, 6.45) is -0.0994. The number of esters is 1. The molecule has 1 rings (SSSR count). The van der Waals surface area contributed by atoms with Crippen molar-refractivity contribution in [3.63, 3.8) is 0 Å². The number of hydrogen-bond acceptors (Lipinski definition) is 5. The quantitative estimate of drug-likeness (QED) is 0.490. The van der Waals surface area contributed by atoms with E-state index in [0.29, 0.717) is 13.2 Å². The highest BCUT2D eigenvalue weighted by atomic mass is 16.5. The number of hydrogen-bond donors (Lipinski definition) is 1. The van der Waals surface area contributed by atoms with Gasteiger partial charge in [-0.25, -0.2) is 0 Å². The Morgan fingerprint density at radius 2 is 2.00 bits per heavy atom. The van der Waals surface area contributed by atoms with Gasteiger partial charge >= 0.3 is 5.97 Å². The van der Waals surface area contributed by atoms with Gasteiger partial charge in [-0.2, -0.15) is 0 Å². The Kier molecular flexibility index (Phi) is 5.28. The Morgan fingerprint density at radius 3 is 2.60 bits per heavy atom. The second kappa shape index (κ2) is 6.53. The van der Waals surface area contributed by atoms with Gasteiger partial charge in [-0.3, -0.25) is 14.5 Å². The third kappa shape index (κ3) is 4.90. The van der Waals surface area contributed by atoms with Crippen molar-refractivity contribution in [1.82, 2.24) is 10.2 Å². The van der Waals surface area contributed by atoms with E-state index in [0.717, 1.165) is 26.2 Å². The van der Waals surface area contributed by atoms with Gasteiger partial charge in [0.25, 0.3) is 0 Å². The molecule has 15 heavy (non-hydrogen) atoms. The molecule has 1 N–H and O–H groups in total. The molecule has 0 spiro atoms. The number of nitrogens with one attached hydrogen (secondary N) is 1. The fourth-order valence-corrected chi connectivity index (χ4v) is 1.55. The van der Waals surface area contributed by atoms with E-state index in [1.54, 1.807) is 6.92 Å². The van der Waals surface area contributed by atoms with Crippen molar-refractivity contribution < 1.29 is 14.3 Å². The van der Waals surface area contributed by atoms with Crippen LogP contribution in [0, 0.1) is 0 Å². The molecule has 5 heteroatoms. The molecule has 1 saturated heterocycles. The zero-order chi connectivity index (χ0) is 11.1. The monoisotopic (exact) mass is 214 g/mol. The van der Waals surface area contributed by atoms with E-state index in [1.165, 1.54) is 0 Å². The number of nitrogens with zero attached hydrogens (tertiary/aromatic N) is 1. The summed E-state index contributed by atoms with van der Waals surface area (Å²) >= 11 is 0. The summed E-state index contributed by atoms with van der Waals surface area (Å²) < 4.78 is 4.71. The largest absolute Gasteiger partial charge is 0.466 e. The maximum Gasteiger partial charge on any atom is 0.313 e. The fourth-order valence-electron chi connectivity index (χ4n) is 1.55. The summed E-state index contributed by atoms with van der Waals surface area (Å²) in [5.41, 5.74) is 0. The smallest absolute Gasteiger partial charge is 0.313 e. The first kappa shape index (κ1) is 12.1. The fraction of sp³-hybridized carbons (Fsp3) is 0.800. The Balaban J connectivity index is 2.19. The molecule has 0 bridgehead atoms. The SMILES string of the molecule is CCOC(=O)CC(=O)CN1CCNCC1. The summed E-state index contributed by atoms with van der Waals surface area (Å²) in [4.78, 5) is 24.5. The van der Waals surface area contributed by atoms with Crippen LogP contribution in [0.4, 0.5) is 0 Å². The van der Waals surface area contributed by atoms with Gasteiger partial charge in [-0.1, -0.05) is 0 Å². The van der Waals surface area contributed by atoms with Crippen molar-refractivity contribution >= 4 is 11.8 Å². The maximum absolute atomic E-state index is 11.4. The van der Waals surface area contributed by atoms with E-state index >= 15 is 0 Å². The number of rotatable bonds is 5. The lowest BCUT2D eigenvalue weighted by atomic mass is 10.2. The molecule has 1 fully saturated rings. The summed E-state index contributed by atoms with van der Waals surface area (Å²) in [5.74, 6) is -0.479. The van der Waals surface area contributed by atoms with Crippen LogP contribution in [0.25, 0.3) is 0 Å². The van der Waals surface area contributed by atoms with E-state index in [-0.39, 0.29) is 12.2 Å². The summed E-state index contributed by atoms with van der Waals surface area (Å²) in [5, 5.41) is 3.20. The Morgan fingerprint density at radius 1 is 1.33 bits per heavy atom. The number of carbonyl (C=O) groups excluding carboxylic acids is 2. The molecule has 1 heterocycles. The third-order valence-electron chi connectivity index (χ3n) is 2.26. The van der Waals surface area contributed by atoms with Gasteiger partial charge in [0.2, 0.25) is 0 Å². The first-order chi connectivity index (χ1) is 7.22. The van der Waals surface area contributed by atoms with Gasteiger partial charge in [-0.15, -0.1) is 0 Å². The molecule has 1 aliphatic rings. The van der Waals surface area contributed by atoms with Crippen molar-refractivity contribution in [3.8, 4) is 0 Å². The second-order valence-corrected chi connectivity index (χ2v) is 3.55. The minimum atomic E-state index is -0.419. The maximum atomic E-state index is 11.4. The van der Waals surface area contributed by atoms with E-state index in [1.807, 2.05) is 0 Å². The molecule has 0 radical (unpaired) electrons. The van der Waals surface area contributed by atoms with Crippen LogP contribution in [-0.2, 0) is 14.3 Å². The molecule has 1 aliphatic heterocycles. The van der Waals surface area contributed by atoms with Crippen molar-refractivity contribution in [1.29, 1.82) is 0 Å². The van der Waals surface area contributed by atoms with Crippen LogP contribution >= 0.6 is 0 Å². The normalized spacial score (nSPS) is 17.4. The third-order valence-corrected chi connectivity index (χ3v) is 2.26. The number of piperazine rings is 1. The molecule has 0 aromatic heterocycles. The van der Waals surface area contributed by atoms with E-state index in [2.05, 4.69) is 10.2 Å². The van der Waals surface area contributed by atoms with Gasteiger partial charge in [-0.05, 0) is 6.92 Å². The molecular formula is C10H18N2O3. The highest BCUT2D eigenvalue weighted by Gasteiger charge is 2.16. The van der Waals surface area contributed by atoms with Crippen LogP contribution in [0.1, 0.15) is 13.3 Å². The van der Waals surface area contributed by atoms with E-state index in [9.17, 15) is 9.59 Å². The topological polar surface area (TPSA) is 58.6 Å². The Bertz CT molecular complexity index is 225. The lowest BCUT2D eigenvalue weighted by Gasteiger charge is -2.26. The van der Waals surface area contributed by atoms with Crippen LogP contribution in [0.2, 0.25) is 0 Å². The lowest BCUT2D eigenvalue weighted by Crippen LogP contribution is -2.45. The minimum absolute atomic E-state index is 0.0599. The predicted molar refractivity (Wildman–Crippen MR) is 55.6 cm³/mol. The first-order valence-corrected chi connectivity index (χ1v) is 5.32. The number of ether oxygens (including phenoxy) is 1. The van der Waals surface area contributed by atoms with Gasteiger partial charge in [0, 0.05) is 26.2 Å². The van der Waals surface area contributed by atoms with Crippen molar-refractivity contribution in [3.05, 3.63) is 0 Å². The van der Waals surface area contributed by atoms with Gasteiger partial charge in [0.1, 0.15) is 6.42 Å². The van der Waals surface area contributed by atoms with Crippen LogP contribution in [0.15, 0.2) is 0 Å². The minimum Gasteiger partial charge on any atom is -0.466 e. The first-order valence-electron chi connectivity index (χ1n) is 5.32. The van der Waals surface area contributed by atoms with Crippen molar-refractivity contribution in [2.24, 2.45) is 0 Å². The van der Waals surface area contributed by atoms with Gasteiger partial charge in [0.05, 0.1) is 13.2 Å². The van der Waals surface area contributed by atoms with Crippen LogP contribution in [-0.4, -0.2) is 56.0 Å². The van der Waals surface area contributed by atoms with Crippen LogP contribution in [0.3, 0.4) is 0 Å². The molecule has 0 atom stereocenters. The lowest BCUT2D eigenvalue weighted by molar-refractivity contribution is -0.145. The van der Waals surface area contributed by atoms with E-state index in [4.69, 9.17) is 4.74 Å². The van der Waals surface area contributed by atoms with Crippen LogP contribution in [0.5, 0.6) is 0 Å². The molecule has 0 amide bonds. The molecule has 5 nitrogen and oxygen atoms in total. The van der Waals surface area contributed by atoms with Crippen molar-refractivity contribution in [2.45, 2.75) is 13.3 Å². The molecule has 86 valence electrons.